The normalized spacial score (nSPS) is 18.1. The topological polar surface area (TPSA) is 71.1 Å². The Morgan fingerprint density at radius 3 is 2.42 bits per heavy atom. The molecule has 0 saturated carbocycles. The van der Waals surface area contributed by atoms with Crippen LogP contribution in [0.4, 0.5) is 10.5 Å². The number of amides is 3. The van der Waals surface area contributed by atoms with Gasteiger partial charge in [-0.25, -0.2) is 4.79 Å². The number of nitrogens with zero attached hydrogens (tertiary/aromatic N) is 2. The van der Waals surface area contributed by atoms with Crippen molar-refractivity contribution in [2.75, 3.05) is 39.7 Å². The fourth-order valence-corrected chi connectivity index (χ4v) is 4.97. The maximum atomic E-state index is 13.0. The van der Waals surface area contributed by atoms with Gasteiger partial charge in [0.2, 0.25) is 5.91 Å². The van der Waals surface area contributed by atoms with Gasteiger partial charge in [0, 0.05) is 25.7 Å². The van der Waals surface area contributed by atoms with Gasteiger partial charge >= 0.3 is 6.03 Å². The van der Waals surface area contributed by atoms with Crippen molar-refractivity contribution in [3.63, 3.8) is 0 Å². The van der Waals surface area contributed by atoms with Crippen molar-refractivity contribution in [1.82, 2.24) is 9.80 Å². The monoisotopic (exact) mass is 443 g/mol. The summed E-state index contributed by atoms with van der Waals surface area (Å²) in [5.74, 6) is 1.45. The molecule has 8 heteroatoms. The number of methoxy groups -OCH3 is 2. The van der Waals surface area contributed by atoms with Gasteiger partial charge in [0.1, 0.15) is 16.9 Å². The Hall–Kier alpha value is -2.87. The molecule has 2 aromatic rings. The summed E-state index contributed by atoms with van der Waals surface area (Å²) in [5.41, 5.74) is 1.58. The van der Waals surface area contributed by atoms with E-state index in [-0.39, 0.29) is 22.6 Å². The molecule has 3 amide bonds. The molecule has 2 aromatic carbocycles. The first-order valence-corrected chi connectivity index (χ1v) is 11.2. The number of nitrogens with one attached hydrogen (secondary N) is 1. The second-order valence-corrected chi connectivity index (χ2v) is 8.50. The summed E-state index contributed by atoms with van der Waals surface area (Å²) in [7, 11) is 4.92. The third-order valence-electron chi connectivity index (χ3n) is 5.28. The molecule has 1 N–H and O–H groups in total. The molecule has 1 aliphatic rings. The van der Waals surface area contributed by atoms with E-state index in [1.807, 2.05) is 48.2 Å². The van der Waals surface area contributed by atoms with Crippen LogP contribution in [0, 0.1) is 0 Å². The molecule has 7 nitrogen and oxygen atoms in total. The molecule has 0 bridgehead atoms. The maximum Gasteiger partial charge on any atom is 0.321 e. The van der Waals surface area contributed by atoms with Gasteiger partial charge in [-0.15, -0.1) is 11.8 Å². The number of hydrogen-bond acceptors (Lipinski definition) is 5. The van der Waals surface area contributed by atoms with Crippen LogP contribution in [0.25, 0.3) is 0 Å². The maximum absolute atomic E-state index is 13.0. The van der Waals surface area contributed by atoms with Gasteiger partial charge in [-0.2, -0.15) is 0 Å². The van der Waals surface area contributed by atoms with E-state index in [9.17, 15) is 9.59 Å². The smallest absolute Gasteiger partial charge is 0.321 e. The lowest BCUT2D eigenvalue weighted by molar-refractivity contribution is -0.130. The van der Waals surface area contributed by atoms with Crippen LogP contribution in [0.15, 0.2) is 48.5 Å². The van der Waals surface area contributed by atoms with Crippen molar-refractivity contribution < 1.29 is 19.1 Å². The summed E-state index contributed by atoms with van der Waals surface area (Å²) in [6, 6.07) is 14.8. The number of urea groups is 1. The molecule has 1 aliphatic heterocycles. The summed E-state index contributed by atoms with van der Waals surface area (Å²) in [4.78, 5) is 29.1. The Bertz CT molecular complexity index is 923. The van der Waals surface area contributed by atoms with Gasteiger partial charge in [0.25, 0.3) is 0 Å². The average molecular weight is 444 g/mol. The number of thioether (sulfide) groups is 1. The van der Waals surface area contributed by atoms with E-state index in [4.69, 9.17) is 9.47 Å². The van der Waals surface area contributed by atoms with Crippen LogP contribution < -0.4 is 14.8 Å². The van der Waals surface area contributed by atoms with E-state index in [2.05, 4.69) is 5.32 Å². The van der Waals surface area contributed by atoms with Crippen molar-refractivity contribution in [2.24, 2.45) is 0 Å². The predicted octanol–water partition coefficient (Wildman–Crippen LogP) is 4.22. The van der Waals surface area contributed by atoms with Crippen LogP contribution in [-0.4, -0.2) is 61.3 Å². The van der Waals surface area contributed by atoms with E-state index in [1.54, 1.807) is 50.1 Å². The fraction of sp³-hybridized carbons (Fsp3) is 0.391. The Labute approximate surface area is 187 Å². The van der Waals surface area contributed by atoms with Gasteiger partial charge in [0.05, 0.1) is 25.2 Å². The third-order valence-corrected chi connectivity index (χ3v) is 6.91. The zero-order chi connectivity index (χ0) is 22.4. The first kappa shape index (κ1) is 22.8. The number of anilines is 1. The molecule has 3 rings (SSSR count). The third kappa shape index (κ3) is 5.07. The van der Waals surface area contributed by atoms with E-state index < -0.39 is 0 Å². The van der Waals surface area contributed by atoms with Crippen LogP contribution in [0.3, 0.4) is 0 Å². The molecule has 1 fully saturated rings. The van der Waals surface area contributed by atoms with Crippen molar-refractivity contribution in [2.45, 2.75) is 24.0 Å². The van der Waals surface area contributed by atoms with E-state index in [0.29, 0.717) is 24.5 Å². The van der Waals surface area contributed by atoms with Crippen LogP contribution in [-0.2, 0) is 4.79 Å². The molecule has 166 valence electrons. The van der Waals surface area contributed by atoms with Gasteiger partial charge in [-0.3, -0.25) is 4.79 Å². The predicted molar refractivity (Wildman–Crippen MR) is 124 cm³/mol. The van der Waals surface area contributed by atoms with E-state index in [1.165, 1.54) is 0 Å². The van der Waals surface area contributed by atoms with E-state index >= 15 is 0 Å². The number of para-hydroxylation sites is 3. The minimum absolute atomic E-state index is 0.0948. The van der Waals surface area contributed by atoms with Gasteiger partial charge < -0.3 is 24.6 Å². The quantitative estimate of drug-likeness (QED) is 0.661. The zero-order valence-corrected chi connectivity index (χ0v) is 19.1. The van der Waals surface area contributed by atoms with Gasteiger partial charge in [-0.1, -0.05) is 37.3 Å². The Kier molecular flexibility index (Phi) is 7.68. The summed E-state index contributed by atoms with van der Waals surface area (Å²) in [6.45, 7) is 2.85. The average Bonchev–Trinajstić information content (AvgIpc) is 3.12. The van der Waals surface area contributed by atoms with Gasteiger partial charge in [0.15, 0.2) is 0 Å². The molecule has 1 heterocycles. The number of ether oxygens (including phenoxy) is 2. The highest BCUT2D eigenvalue weighted by Crippen LogP contribution is 2.46. The molecule has 0 radical (unpaired) electrons. The van der Waals surface area contributed by atoms with Crippen LogP contribution in [0.2, 0.25) is 0 Å². The largest absolute Gasteiger partial charge is 0.496 e. The molecule has 1 saturated heterocycles. The molecule has 31 heavy (non-hydrogen) atoms. The van der Waals surface area contributed by atoms with Crippen molar-refractivity contribution in [1.29, 1.82) is 0 Å². The minimum Gasteiger partial charge on any atom is -0.496 e. The highest BCUT2D eigenvalue weighted by Gasteiger charge is 2.41. The summed E-state index contributed by atoms with van der Waals surface area (Å²) < 4.78 is 10.8. The molecule has 0 spiro atoms. The Morgan fingerprint density at radius 2 is 1.74 bits per heavy atom. The summed E-state index contributed by atoms with van der Waals surface area (Å²) in [6.07, 6.45) is 0.760. The standard InChI is InChI=1S/C23H29N3O4S/c1-5-20-21(27)26(22(31-20)16-10-6-8-12-18(16)29-3)15-14-25(2)23(28)24-17-11-7-9-13-19(17)30-4/h6-13,20,22H,5,14-15H2,1-4H3,(H,24,28). The second-order valence-electron chi connectivity index (χ2n) is 7.21. The number of rotatable bonds is 8. The Morgan fingerprint density at radius 1 is 1.10 bits per heavy atom. The number of hydrogen-bond donors (Lipinski definition) is 1. The number of likely N-dealkylation sites (N-methyl/N-ethyl adjacent to an activating group) is 1. The van der Waals surface area contributed by atoms with Crippen LogP contribution in [0.1, 0.15) is 24.3 Å². The molecular formula is C23H29N3O4S. The lowest BCUT2D eigenvalue weighted by Crippen LogP contribution is -2.40. The molecule has 0 aliphatic carbocycles. The van der Waals surface area contributed by atoms with Crippen LogP contribution in [0.5, 0.6) is 11.5 Å². The van der Waals surface area contributed by atoms with Crippen molar-refractivity contribution >= 4 is 29.4 Å². The van der Waals surface area contributed by atoms with Crippen molar-refractivity contribution in [3.05, 3.63) is 54.1 Å². The lowest BCUT2D eigenvalue weighted by atomic mass is 10.1. The van der Waals surface area contributed by atoms with E-state index in [0.717, 1.165) is 17.7 Å². The van der Waals surface area contributed by atoms with Gasteiger partial charge in [-0.05, 0) is 24.6 Å². The number of carbonyl (C=O) groups is 2. The summed E-state index contributed by atoms with van der Waals surface area (Å²) in [5, 5.41) is 2.63. The lowest BCUT2D eigenvalue weighted by Gasteiger charge is -2.28. The molecule has 2 unspecified atom stereocenters. The van der Waals surface area contributed by atoms with Crippen molar-refractivity contribution in [3.8, 4) is 11.5 Å². The van der Waals surface area contributed by atoms with Crippen LogP contribution >= 0.6 is 11.8 Å². The molecule has 0 aromatic heterocycles. The number of carbonyl (C=O) groups excluding carboxylic acids is 2. The first-order chi connectivity index (χ1) is 15.0. The highest BCUT2D eigenvalue weighted by molar-refractivity contribution is 8.01. The summed E-state index contributed by atoms with van der Waals surface area (Å²) >= 11 is 1.64. The second kappa shape index (κ2) is 10.4. The Balaban J connectivity index is 1.70. The number of benzene rings is 2. The fourth-order valence-electron chi connectivity index (χ4n) is 3.52. The highest BCUT2D eigenvalue weighted by atomic mass is 32.2. The first-order valence-electron chi connectivity index (χ1n) is 10.2. The SMILES string of the molecule is CCC1SC(c2ccccc2OC)N(CCN(C)C(=O)Nc2ccccc2OC)C1=O. The minimum atomic E-state index is -0.260. The zero-order valence-electron chi connectivity index (χ0n) is 18.3. The molecular weight excluding hydrogens is 414 g/mol. The molecule has 2 atom stereocenters.